The molecule has 1 N–H and O–H groups in total. The van der Waals surface area contributed by atoms with Crippen molar-refractivity contribution in [3.63, 3.8) is 0 Å². The molecule has 0 aromatic carbocycles. The van der Waals surface area contributed by atoms with Gasteiger partial charge in [-0.05, 0) is 12.0 Å². The van der Waals surface area contributed by atoms with Gasteiger partial charge >= 0.3 is 5.97 Å². The van der Waals surface area contributed by atoms with E-state index in [2.05, 4.69) is 10.7 Å². The molecule has 1 aliphatic rings. The molecule has 0 amide bonds. The van der Waals surface area contributed by atoms with E-state index in [9.17, 15) is 4.79 Å². The predicted molar refractivity (Wildman–Crippen MR) is 35.8 cm³/mol. The molecule has 0 saturated carbocycles. The molecule has 1 aliphatic heterocycles. The summed E-state index contributed by atoms with van der Waals surface area (Å²) in [5, 5.41) is 7.00. The number of hydrogen-bond donors (Lipinski definition) is 1. The molecule has 0 saturated heterocycles. The van der Waals surface area contributed by atoms with E-state index < -0.39 is 0 Å². The summed E-state index contributed by atoms with van der Waals surface area (Å²) in [5.41, 5.74) is 0. The fourth-order valence-corrected chi connectivity index (χ4v) is 0.470. The Morgan fingerprint density at radius 2 is 2.40 bits per heavy atom. The van der Waals surface area contributed by atoms with Crippen LogP contribution in [-0.4, -0.2) is 18.2 Å². The first-order valence-corrected chi connectivity index (χ1v) is 2.65. The minimum atomic E-state index is -0.266. The van der Waals surface area contributed by atoms with Crippen molar-refractivity contribution in [3.05, 3.63) is 11.8 Å². The Morgan fingerprint density at radius 1 is 1.80 bits per heavy atom. The van der Waals surface area contributed by atoms with Crippen molar-refractivity contribution in [3.8, 4) is 12.3 Å². The Labute approximate surface area is 59.3 Å². The zero-order valence-electron chi connectivity index (χ0n) is 5.63. The highest BCUT2D eigenvalue weighted by Crippen LogP contribution is 2.07. The summed E-state index contributed by atoms with van der Waals surface area (Å²) in [7, 11) is 1.00. The summed E-state index contributed by atoms with van der Waals surface area (Å²) in [6.07, 6.45) is 6.81. The molecule has 0 aromatic heterocycles. The molecule has 0 atom stereocenters. The van der Waals surface area contributed by atoms with Crippen molar-refractivity contribution in [1.82, 2.24) is 0 Å². The lowest BCUT2D eigenvalue weighted by Gasteiger charge is -1.87. The van der Waals surface area contributed by atoms with E-state index in [1.165, 1.54) is 0 Å². The van der Waals surface area contributed by atoms with Crippen LogP contribution in [0.4, 0.5) is 0 Å². The number of ether oxygens (including phenoxy) is 1. The largest absolute Gasteiger partial charge is 0.417 e. The fourth-order valence-electron chi connectivity index (χ4n) is 0.470. The van der Waals surface area contributed by atoms with Gasteiger partial charge in [-0.25, -0.2) is 0 Å². The maximum Gasteiger partial charge on any atom is 0.315 e. The summed E-state index contributed by atoms with van der Waals surface area (Å²) in [6, 6.07) is 0. The van der Waals surface area contributed by atoms with Crippen molar-refractivity contribution in [2.24, 2.45) is 0 Å². The Balaban J connectivity index is 0.000000371. The van der Waals surface area contributed by atoms with Gasteiger partial charge in [0.25, 0.3) is 0 Å². The van der Waals surface area contributed by atoms with Crippen molar-refractivity contribution in [2.45, 2.75) is 6.42 Å². The van der Waals surface area contributed by atoms with Gasteiger partial charge in [-0.15, -0.1) is 6.42 Å². The maximum absolute atomic E-state index is 10.2. The standard InChI is InChI=1S/C6H4O2.CH4O/c1-2-5-3-4-6(7)8-5;1-2/h1,3H,4H2;2H,1H3. The van der Waals surface area contributed by atoms with Gasteiger partial charge in [-0.2, -0.15) is 0 Å². The molecule has 0 fully saturated rings. The number of aliphatic hydroxyl groups is 1. The number of hydrogen-bond acceptors (Lipinski definition) is 3. The van der Waals surface area contributed by atoms with Crippen LogP contribution in [0.25, 0.3) is 0 Å². The second kappa shape index (κ2) is 4.59. The quantitative estimate of drug-likeness (QED) is 0.382. The van der Waals surface area contributed by atoms with E-state index in [1.54, 1.807) is 6.08 Å². The highest BCUT2D eigenvalue weighted by atomic mass is 16.5. The third kappa shape index (κ3) is 2.33. The second-order valence-electron chi connectivity index (χ2n) is 1.39. The van der Waals surface area contributed by atoms with Gasteiger partial charge in [0.15, 0.2) is 5.76 Å². The zero-order valence-corrected chi connectivity index (χ0v) is 5.63. The van der Waals surface area contributed by atoms with Gasteiger partial charge < -0.3 is 9.84 Å². The Morgan fingerprint density at radius 3 is 2.60 bits per heavy atom. The first kappa shape index (κ1) is 8.73. The Hall–Kier alpha value is -1.27. The molecule has 10 heavy (non-hydrogen) atoms. The van der Waals surface area contributed by atoms with Gasteiger partial charge in [0, 0.05) is 7.11 Å². The topological polar surface area (TPSA) is 46.5 Å². The molecule has 0 bridgehead atoms. The van der Waals surface area contributed by atoms with Gasteiger partial charge in [-0.1, -0.05) is 0 Å². The van der Waals surface area contributed by atoms with E-state index in [-0.39, 0.29) is 5.97 Å². The number of carbonyl (C=O) groups excluding carboxylic acids is 1. The molecule has 54 valence electrons. The lowest BCUT2D eigenvalue weighted by Crippen LogP contribution is -1.91. The van der Waals surface area contributed by atoms with Gasteiger partial charge in [-0.3, -0.25) is 4.79 Å². The van der Waals surface area contributed by atoms with Gasteiger partial charge in [0.05, 0.1) is 6.42 Å². The molecular weight excluding hydrogens is 132 g/mol. The Bertz CT molecular complexity index is 186. The van der Waals surface area contributed by atoms with Crippen LogP contribution >= 0.6 is 0 Å². The lowest BCUT2D eigenvalue weighted by molar-refractivity contribution is -0.136. The average Bonchev–Trinajstić information content (AvgIpc) is 2.40. The average molecular weight is 140 g/mol. The third-order valence-corrected chi connectivity index (χ3v) is 0.820. The molecule has 0 unspecified atom stereocenters. The first-order chi connectivity index (χ1) is 4.83. The van der Waals surface area contributed by atoms with Crippen LogP contribution in [0.15, 0.2) is 11.8 Å². The smallest absolute Gasteiger partial charge is 0.315 e. The fraction of sp³-hybridized carbons (Fsp3) is 0.286. The number of allylic oxidation sites excluding steroid dienone is 1. The van der Waals surface area contributed by atoms with Crippen LogP contribution < -0.4 is 0 Å². The molecule has 3 heteroatoms. The first-order valence-electron chi connectivity index (χ1n) is 2.65. The van der Waals surface area contributed by atoms with Crippen LogP contribution in [0, 0.1) is 12.3 Å². The zero-order chi connectivity index (χ0) is 7.98. The number of cyclic esters (lactones) is 1. The molecule has 0 aliphatic carbocycles. The highest BCUT2D eigenvalue weighted by Gasteiger charge is 2.10. The molecule has 0 spiro atoms. The Kier molecular flexibility index (Phi) is 4.01. The molecule has 3 nitrogen and oxygen atoms in total. The summed E-state index contributed by atoms with van der Waals surface area (Å²) >= 11 is 0. The molecule has 0 aromatic rings. The van der Waals surface area contributed by atoms with Crippen molar-refractivity contribution < 1.29 is 14.6 Å². The van der Waals surface area contributed by atoms with Crippen LogP contribution in [0.1, 0.15) is 6.42 Å². The molecule has 1 rings (SSSR count). The number of esters is 1. The SMILES string of the molecule is C#CC1=CCC(=O)O1.CO. The molecule has 0 radical (unpaired) electrons. The van der Waals surface area contributed by atoms with Crippen LogP contribution in [0.2, 0.25) is 0 Å². The maximum atomic E-state index is 10.2. The van der Waals surface area contributed by atoms with Crippen LogP contribution in [0.5, 0.6) is 0 Å². The number of rotatable bonds is 0. The minimum absolute atomic E-state index is 0.266. The number of terminal acetylenes is 1. The van der Waals surface area contributed by atoms with E-state index in [1.807, 2.05) is 0 Å². The summed E-state index contributed by atoms with van der Waals surface area (Å²) < 4.78 is 4.50. The third-order valence-electron chi connectivity index (χ3n) is 0.820. The van der Waals surface area contributed by atoms with Gasteiger partial charge in [0.2, 0.25) is 0 Å². The summed E-state index contributed by atoms with van der Waals surface area (Å²) in [5.74, 6) is 2.29. The van der Waals surface area contributed by atoms with E-state index in [0.29, 0.717) is 12.2 Å². The summed E-state index contributed by atoms with van der Waals surface area (Å²) in [6.45, 7) is 0. The number of carbonyl (C=O) groups is 1. The monoisotopic (exact) mass is 140 g/mol. The molecular formula is C7H8O3. The van der Waals surface area contributed by atoms with Crippen molar-refractivity contribution >= 4 is 5.97 Å². The van der Waals surface area contributed by atoms with Crippen molar-refractivity contribution in [2.75, 3.05) is 7.11 Å². The molecule has 1 heterocycles. The normalized spacial score (nSPS) is 14.1. The predicted octanol–water partition coefficient (Wildman–Crippen LogP) is 0.0589. The lowest BCUT2D eigenvalue weighted by atomic mass is 10.4. The van der Waals surface area contributed by atoms with Gasteiger partial charge in [0.1, 0.15) is 0 Å². The minimum Gasteiger partial charge on any atom is -0.417 e. The second-order valence-corrected chi connectivity index (χ2v) is 1.39. The van der Waals surface area contributed by atoms with E-state index in [4.69, 9.17) is 11.5 Å². The van der Waals surface area contributed by atoms with E-state index in [0.717, 1.165) is 7.11 Å². The van der Waals surface area contributed by atoms with E-state index >= 15 is 0 Å². The summed E-state index contributed by atoms with van der Waals surface area (Å²) in [4.78, 5) is 10.2. The number of aliphatic hydroxyl groups excluding tert-OH is 1. The van der Waals surface area contributed by atoms with Crippen LogP contribution in [0.3, 0.4) is 0 Å². The van der Waals surface area contributed by atoms with Crippen molar-refractivity contribution in [1.29, 1.82) is 0 Å². The van der Waals surface area contributed by atoms with Crippen LogP contribution in [-0.2, 0) is 9.53 Å². The highest BCUT2D eigenvalue weighted by molar-refractivity contribution is 5.76.